The summed E-state index contributed by atoms with van der Waals surface area (Å²) in [6.45, 7) is 5.61. The Morgan fingerprint density at radius 2 is 2.08 bits per heavy atom. The molecule has 0 unspecified atom stereocenters. The number of hydrogen-bond donors (Lipinski definition) is 1. The number of carbonyl (C=O) groups excluding carboxylic acids is 1. The van der Waals surface area contributed by atoms with E-state index in [1.807, 2.05) is 35.2 Å². The van der Waals surface area contributed by atoms with E-state index < -0.39 is 0 Å². The molecule has 1 fully saturated rings. The third-order valence-corrected chi connectivity index (χ3v) is 5.35. The summed E-state index contributed by atoms with van der Waals surface area (Å²) in [6.07, 6.45) is 2.96. The van der Waals surface area contributed by atoms with Gasteiger partial charge >= 0.3 is 5.69 Å². The lowest BCUT2D eigenvalue weighted by Crippen LogP contribution is -2.37. The zero-order valence-corrected chi connectivity index (χ0v) is 16.2. The number of hydrogen-bond acceptors (Lipinski definition) is 4. The van der Waals surface area contributed by atoms with Gasteiger partial charge in [0.2, 0.25) is 5.91 Å². The van der Waals surface area contributed by atoms with Crippen molar-refractivity contribution in [3.8, 4) is 0 Å². The Kier molecular flexibility index (Phi) is 6.19. The molecule has 0 saturated heterocycles. The van der Waals surface area contributed by atoms with Gasteiger partial charge in [0.25, 0.3) is 0 Å². The maximum absolute atomic E-state index is 12.6. The molecule has 0 aliphatic heterocycles. The number of nitrogens with zero attached hydrogens (tertiary/aromatic N) is 3. The number of aryl methyl sites for hydroxylation is 1. The highest BCUT2D eigenvalue weighted by Crippen LogP contribution is 2.28. The molecule has 1 aliphatic rings. The number of aromatic amines is 1. The lowest BCUT2D eigenvalue weighted by Gasteiger charge is -2.24. The van der Waals surface area contributed by atoms with Crippen LogP contribution in [0.25, 0.3) is 0 Å². The van der Waals surface area contributed by atoms with Gasteiger partial charge in [-0.25, -0.2) is 9.89 Å². The SMILES string of the molecule is CC(C)CN(C(=O)CSc1n[nH]c(=O)n1CCc1ccccc1)C1CC1. The second-order valence-corrected chi connectivity index (χ2v) is 8.10. The van der Waals surface area contributed by atoms with E-state index in [2.05, 4.69) is 24.0 Å². The maximum Gasteiger partial charge on any atom is 0.343 e. The molecule has 1 saturated carbocycles. The molecule has 140 valence electrons. The van der Waals surface area contributed by atoms with Gasteiger partial charge in [0, 0.05) is 19.1 Å². The number of aromatic nitrogens is 3. The minimum atomic E-state index is -0.225. The van der Waals surface area contributed by atoms with Gasteiger partial charge in [0.15, 0.2) is 5.16 Å². The Morgan fingerprint density at radius 3 is 2.73 bits per heavy atom. The van der Waals surface area contributed by atoms with Crippen LogP contribution in [0.2, 0.25) is 0 Å². The number of benzene rings is 1. The lowest BCUT2D eigenvalue weighted by atomic mass is 10.1. The molecule has 1 aromatic carbocycles. The van der Waals surface area contributed by atoms with Crippen LogP contribution in [0, 0.1) is 5.92 Å². The van der Waals surface area contributed by atoms with Gasteiger partial charge in [-0.05, 0) is 30.7 Å². The van der Waals surface area contributed by atoms with Crippen LogP contribution in [0.15, 0.2) is 40.3 Å². The van der Waals surface area contributed by atoms with Crippen molar-refractivity contribution in [2.45, 2.75) is 50.9 Å². The molecule has 0 bridgehead atoms. The molecule has 1 aromatic heterocycles. The lowest BCUT2D eigenvalue weighted by molar-refractivity contribution is -0.129. The van der Waals surface area contributed by atoms with Gasteiger partial charge in [-0.15, -0.1) is 5.10 Å². The predicted octanol–water partition coefficient (Wildman–Crippen LogP) is 2.55. The molecule has 1 heterocycles. The largest absolute Gasteiger partial charge is 0.343 e. The van der Waals surface area contributed by atoms with Crippen LogP contribution in [0.1, 0.15) is 32.3 Å². The normalized spacial score (nSPS) is 14.0. The standard InChI is InChI=1S/C19H26N4O2S/c1-14(2)12-23(16-8-9-16)17(24)13-26-19-21-20-18(25)22(19)11-10-15-6-4-3-5-7-15/h3-7,14,16H,8-13H2,1-2H3,(H,20,25). The number of rotatable bonds is 9. The fourth-order valence-electron chi connectivity index (χ4n) is 2.94. The summed E-state index contributed by atoms with van der Waals surface area (Å²) in [5.41, 5.74) is 0.946. The van der Waals surface area contributed by atoms with Crippen molar-refractivity contribution in [2.75, 3.05) is 12.3 Å². The first-order valence-corrected chi connectivity index (χ1v) is 10.1. The van der Waals surface area contributed by atoms with Gasteiger partial charge in [0.1, 0.15) is 0 Å². The molecule has 0 radical (unpaired) electrons. The summed E-state index contributed by atoms with van der Waals surface area (Å²) in [4.78, 5) is 26.6. The van der Waals surface area contributed by atoms with Crippen LogP contribution in [0.3, 0.4) is 0 Å². The predicted molar refractivity (Wildman–Crippen MR) is 103 cm³/mol. The highest BCUT2D eigenvalue weighted by Gasteiger charge is 2.32. The molecule has 2 aromatic rings. The van der Waals surface area contributed by atoms with Crippen molar-refractivity contribution in [3.05, 3.63) is 46.4 Å². The van der Waals surface area contributed by atoms with Crippen molar-refractivity contribution in [2.24, 2.45) is 5.92 Å². The minimum Gasteiger partial charge on any atom is -0.339 e. The maximum atomic E-state index is 12.6. The summed E-state index contributed by atoms with van der Waals surface area (Å²) >= 11 is 1.34. The Morgan fingerprint density at radius 1 is 1.35 bits per heavy atom. The molecule has 1 aliphatic carbocycles. The second-order valence-electron chi connectivity index (χ2n) is 7.16. The summed E-state index contributed by atoms with van der Waals surface area (Å²) in [5.74, 6) is 0.911. The van der Waals surface area contributed by atoms with Crippen molar-refractivity contribution in [1.82, 2.24) is 19.7 Å². The monoisotopic (exact) mass is 374 g/mol. The van der Waals surface area contributed by atoms with Crippen molar-refractivity contribution >= 4 is 17.7 Å². The van der Waals surface area contributed by atoms with Gasteiger partial charge < -0.3 is 4.90 Å². The highest BCUT2D eigenvalue weighted by atomic mass is 32.2. The summed E-state index contributed by atoms with van der Waals surface area (Å²) in [5, 5.41) is 7.19. The summed E-state index contributed by atoms with van der Waals surface area (Å²) in [6, 6.07) is 10.4. The Balaban J connectivity index is 1.59. The van der Waals surface area contributed by atoms with Crippen LogP contribution >= 0.6 is 11.8 Å². The minimum absolute atomic E-state index is 0.135. The van der Waals surface area contributed by atoms with Crippen LogP contribution in [-0.4, -0.2) is 43.9 Å². The van der Waals surface area contributed by atoms with E-state index in [1.54, 1.807) is 4.57 Å². The van der Waals surface area contributed by atoms with E-state index in [0.29, 0.717) is 29.4 Å². The topological polar surface area (TPSA) is 71.0 Å². The number of amides is 1. The first-order valence-electron chi connectivity index (χ1n) is 9.16. The Hall–Kier alpha value is -2.02. The van der Waals surface area contributed by atoms with Gasteiger partial charge in [-0.1, -0.05) is 55.9 Å². The zero-order chi connectivity index (χ0) is 18.5. The Bertz CT molecular complexity index is 780. The molecule has 3 rings (SSSR count). The molecule has 6 nitrogen and oxygen atoms in total. The highest BCUT2D eigenvalue weighted by molar-refractivity contribution is 7.99. The fraction of sp³-hybridized carbons (Fsp3) is 0.526. The van der Waals surface area contributed by atoms with Gasteiger partial charge in [0.05, 0.1) is 5.75 Å². The number of carbonyl (C=O) groups is 1. The average molecular weight is 375 g/mol. The van der Waals surface area contributed by atoms with E-state index in [-0.39, 0.29) is 11.6 Å². The van der Waals surface area contributed by atoms with Crippen LogP contribution in [0.4, 0.5) is 0 Å². The van der Waals surface area contributed by atoms with E-state index in [9.17, 15) is 9.59 Å². The molecule has 1 amide bonds. The van der Waals surface area contributed by atoms with Crippen LogP contribution in [0.5, 0.6) is 0 Å². The molecule has 0 atom stereocenters. The molecular weight excluding hydrogens is 348 g/mol. The second kappa shape index (κ2) is 8.58. The van der Waals surface area contributed by atoms with Gasteiger partial charge in [-0.2, -0.15) is 0 Å². The summed E-state index contributed by atoms with van der Waals surface area (Å²) < 4.78 is 1.62. The number of H-pyrrole nitrogens is 1. The average Bonchev–Trinajstić information content (AvgIpc) is 3.41. The first-order chi connectivity index (χ1) is 12.5. The molecule has 26 heavy (non-hydrogen) atoms. The third kappa shape index (κ3) is 5.00. The zero-order valence-electron chi connectivity index (χ0n) is 15.4. The molecular formula is C19H26N4O2S. The summed E-state index contributed by atoms with van der Waals surface area (Å²) in [7, 11) is 0. The first kappa shape index (κ1) is 18.8. The molecule has 7 heteroatoms. The van der Waals surface area contributed by atoms with Crippen molar-refractivity contribution in [1.29, 1.82) is 0 Å². The van der Waals surface area contributed by atoms with Crippen molar-refractivity contribution in [3.63, 3.8) is 0 Å². The van der Waals surface area contributed by atoms with E-state index >= 15 is 0 Å². The molecule has 0 spiro atoms. The van der Waals surface area contributed by atoms with E-state index in [0.717, 1.165) is 25.8 Å². The van der Waals surface area contributed by atoms with Crippen LogP contribution in [-0.2, 0) is 17.8 Å². The van der Waals surface area contributed by atoms with Crippen molar-refractivity contribution < 1.29 is 4.79 Å². The fourth-order valence-corrected chi connectivity index (χ4v) is 3.80. The Labute approximate surface area is 158 Å². The van der Waals surface area contributed by atoms with E-state index in [4.69, 9.17) is 0 Å². The van der Waals surface area contributed by atoms with Crippen LogP contribution < -0.4 is 5.69 Å². The smallest absolute Gasteiger partial charge is 0.339 e. The number of thioether (sulfide) groups is 1. The van der Waals surface area contributed by atoms with E-state index in [1.165, 1.54) is 17.3 Å². The number of nitrogens with one attached hydrogen (secondary N) is 1. The third-order valence-electron chi connectivity index (χ3n) is 4.38. The molecule has 1 N–H and O–H groups in total. The quantitative estimate of drug-likeness (QED) is 0.685. The van der Waals surface area contributed by atoms with Gasteiger partial charge in [-0.3, -0.25) is 9.36 Å².